The van der Waals surface area contributed by atoms with Crippen molar-refractivity contribution in [3.05, 3.63) is 242 Å². The van der Waals surface area contributed by atoms with E-state index in [4.69, 9.17) is 24.5 Å². The topological polar surface area (TPSA) is 43.6 Å². The summed E-state index contributed by atoms with van der Waals surface area (Å²) in [7, 11) is 0. The molecule has 0 amide bonds. The van der Waals surface area contributed by atoms with Crippen molar-refractivity contribution in [2.24, 2.45) is 0 Å². The van der Waals surface area contributed by atoms with Crippen LogP contribution >= 0.6 is 11.3 Å². The molecule has 0 unspecified atom stereocenters. The Hall–Kier alpha value is -8.77. The number of hydrogen-bond donors (Lipinski definition) is 0. The second kappa shape index (κ2) is 16.6. The first kappa shape index (κ1) is 29.0. The molecule has 318 valence electrons. The summed E-state index contributed by atoms with van der Waals surface area (Å²) in [5, 5.41) is 1.85. The average Bonchev–Trinajstić information content (AvgIpc) is 3.28. The van der Waals surface area contributed by atoms with Crippen molar-refractivity contribution in [1.29, 1.82) is 0 Å². The van der Waals surface area contributed by atoms with Gasteiger partial charge in [-0.15, -0.1) is 11.3 Å². The van der Waals surface area contributed by atoms with Gasteiger partial charge < -0.3 is 4.57 Å². The predicted octanol–water partition coefficient (Wildman–Crippen LogP) is 17.0. The van der Waals surface area contributed by atoms with Gasteiger partial charge in [-0.3, -0.25) is 0 Å². The molecule has 5 heteroatoms. The lowest BCUT2D eigenvalue weighted by Crippen LogP contribution is -2.04. The Labute approximate surface area is 414 Å². The molecule has 0 fully saturated rings. The van der Waals surface area contributed by atoms with Crippen molar-refractivity contribution in [2.45, 2.75) is 0 Å². The van der Waals surface area contributed by atoms with Crippen LogP contribution in [0.5, 0.6) is 0 Å². The van der Waals surface area contributed by atoms with Gasteiger partial charge >= 0.3 is 0 Å². The minimum Gasteiger partial charge on any atom is -0.308 e. The van der Waals surface area contributed by atoms with Crippen LogP contribution in [0.4, 0.5) is 0 Å². The number of fused-ring (bicyclic) bond motifs is 6. The summed E-state index contributed by atoms with van der Waals surface area (Å²) in [4.78, 5) is 15.4. The standard InChI is InChI=1S/C63H40N4S/c1-4-14-41(15-5-1)43-24-26-44(27-25-43)45-28-30-46(31-29-45)49-32-36-54(58(39-49)67-56-22-12-10-20-51(56)55-38-48(34-37-57(55)67)42-16-6-2-7-17-42)63-65-61(47-18-8-3-9-19-47)64-62(66-63)50-33-35-53-52-21-11-13-23-59(52)68-60(53)40-50/h1-40H/i2D,6D,7D,10D,12D,16D,17D,20D,22D,34D,37D,38D. The fourth-order valence-corrected chi connectivity index (χ4v) is 10.0. The second-order valence-corrected chi connectivity index (χ2v) is 17.4. The smallest absolute Gasteiger partial charge is 0.166 e. The molecule has 0 aliphatic rings. The number of nitrogens with zero attached hydrogens (tertiary/aromatic N) is 4. The Morgan fingerprint density at radius 2 is 0.882 bits per heavy atom. The highest BCUT2D eigenvalue weighted by atomic mass is 32.1. The zero-order chi connectivity index (χ0) is 55.4. The minimum absolute atomic E-state index is 0.133. The van der Waals surface area contributed by atoms with Gasteiger partial charge in [0.25, 0.3) is 0 Å². The van der Waals surface area contributed by atoms with Crippen molar-refractivity contribution in [3.63, 3.8) is 0 Å². The van der Waals surface area contributed by atoms with Gasteiger partial charge in [0.2, 0.25) is 0 Å². The lowest BCUT2D eigenvalue weighted by molar-refractivity contribution is 1.07. The number of aromatic nitrogens is 4. The SMILES string of the molecule is [2H]c1c([2H])c([2H])c(-c2c([2H])c([2H])c3c(c2[2H])c2c([2H])c([2H])c([2H])c([2H])c2n3-c2cc(-c3ccc(-c4ccc(-c5ccccc5)cc4)cc3)ccc2-c2nc(-c3ccccc3)nc(-c3ccc4c(c3)sc3ccccc34)n2)c([2H])c1[2H]. The molecule has 0 aliphatic heterocycles. The lowest BCUT2D eigenvalue weighted by atomic mass is 9.97. The molecule has 3 aromatic heterocycles. The molecule has 0 aliphatic carbocycles. The highest BCUT2D eigenvalue weighted by Gasteiger charge is 2.21. The Balaban J connectivity index is 1.09. The molecular weight excluding hydrogens is 845 g/mol. The molecule has 0 spiro atoms. The number of benzene rings is 10. The summed E-state index contributed by atoms with van der Waals surface area (Å²) >= 11 is 1.65. The van der Waals surface area contributed by atoms with Crippen molar-refractivity contribution in [3.8, 4) is 84.4 Å². The van der Waals surface area contributed by atoms with Gasteiger partial charge in [0, 0.05) is 47.6 Å². The van der Waals surface area contributed by atoms with Crippen LogP contribution in [-0.4, -0.2) is 19.5 Å². The monoisotopic (exact) mass is 896 g/mol. The van der Waals surface area contributed by atoms with E-state index < -0.39 is 83.6 Å². The largest absolute Gasteiger partial charge is 0.308 e. The fourth-order valence-electron chi connectivity index (χ4n) is 8.89. The third-order valence-corrected chi connectivity index (χ3v) is 13.4. The van der Waals surface area contributed by atoms with E-state index in [1.54, 1.807) is 17.4 Å². The van der Waals surface area contributed by atoms with Crippen LogP contribution in [0.25, 0.3) is 126 Å². The van der Waals surface area contributed by atoms with Crippen LogP contribution < -0.4 is 0 Å². The Kier molecular flexibility index (Phi) is 7.07. The van der Waals surface area contributed by atoms with E-state index in [-0.39, 0.29) is 33.3 Å². The quantitative estimate of drug-likeness (QED) is 0.153. The van der Waals surface area contributed by atoms with E-state index >= 15 is 0 Å². The van der Waals surface area contributed by atoms with Gasteiger partial charge in [0.05, 0.1) is 33.2 Å². The van der Waals surface area contributed by atoms with E-state index in [0.717, 1.165) is 48.0 Å². The third-order valence-electron chi connectivity index (χ3n) is 12.2. The van der Waals surface area contributed by atoms with E-state index in [9.17, 15) is 6.85 Å². The molecule has 68 heavy (non-hydrogen) atoms. The summed E-state index contributed by atoms with van der Waals surface area (Å²) in [6.07, 6.45) is 0. The molecule has 0 saturated carbocycles. The molecule has 13 aromatic rings. The van der Waals surface area contributed by atoms with E-state index in [1.165, 1.54) is 4.57 Å². The Morgan fingerprint density at radius 1 is 0.338 bits per heavy atom. The molecule has 0 N–H and O–H groups in total. The van der Waals surface area contributed by atoms with Crippen LogP contribution in [0, 0.1) is 0 Å². The van der Waals surface area contributed by atoms with Crippen molar-refractivity contribution in [2.75, 3.05) is 0 Å². The van der Waals surface area contributed by atoms with Gasteiger partial charge in [0.15, 0.2) is 17.5 Å². The fraction of sp³-hybridized carbons (Fsp3) is 0. The molecule has 0 saturated heterocycles. The number of rotatable bonds is 8. The molecule has 3 heterocycles. The molecule has 13 rings (SSSR count). The second-order valence-electron chi connectivity index (χ2n) is 16.3. The first-order chi connectivity index (χ1) is 38.7. The van der Waals surface area contributed by atoms with Gasteiger partial charge in [-0.05, 0) is 86.9 Å². The predicted molar refractivity (Wildman–Crippen MR) is 285 cm³/mol. The summed E-state index contributed by atoms with van der Waals surface area (Å²) in [5.74, 6) is 0.836. The molecule has 0 bridgehead atoms. The number of para-hydroxylation sites is 1. The summed E-state index contributed by atoms with van der Waals surface area (Å²) < 4.78 is 113. The first-order valence-corrected chi connectivity index (χ1v) is 22.8. The number of thiophene rings is 1. The number of hydrogen-bond acceptors (Lipinski definition) is 4. The van der Waals surface area contributed by atoms with Crippen molar-refractivity contribution >= 4 is 53.3 Å². The zero-order valence-electron chi connectivity index (χ0n) is 47.9. The highest BCUT2D eigenvalue weighted by molar-refractivity contribution is 7.25. The summed E-state index contributed by atoms with van der Waals surface area (Å²) in [6, 6.07) is 48.1. The van der Waals surface area contributed by atoms with Gasteiger partial charge in [-0.25, -0.2) is 15.0 Å². The van der Waals surface area contributed by atoms with Gasteiger partial charge in [-0.2, -0.15) is 0 Å². The maximum absolute atomic E-state index is 9.89. The van der Waals surface area contributed by atoms with Crippen LogP contribution in [0.3, 0.4) is 0 Å². The summed E-state index contributed by atoms with van der Waals surface area (Å²) in [6.45, 7) is 0. The first-order valence-electron chi connectivity index (χ1n) is 27.9. The Bertz CT molecular complexity index is 4690. The summed E-state index contributed by atoms with van der Waals surface area (Å²) in [5.41, 5.74) is 6.30. The maximum Gasteiger partial charge on any atom is 0.166 e. The molecule has 0 radical (unpaired) electrons. The van der Waals surface area contributed by atoms with Crippen LogP contribution in [-0.2, 0) is 0 Å². The van der Waals surface area contributed by atoms with Gasteiger partial charge in [0.1, 0.15) is 0 Å². The van der Waals surface area contributed by atoms with Crippen LogP contribution in [0.1, 0.15) is 16.4 Å². The van der Waals surface area contributed by atoms with Crippen molar-refractivity contribution < 1.29 is 16.4 Å². The molecule has 4 nitrogen and oxygen atoms in total. The van der Waals surface area contributed by atoms with E-state index in [0.29, 0.717) is 33.9 Å². The minimum atomic E-state index is -0.707. The molecular formula is C63H40N4S. The van der Waals surface area contributed by atoms with E-state index in [2.05, 4.69) is 54.6 Å². The lowest BCUT2D eigenvalue weighted by Gasteiger charge is -2.17. The maximum atomic E-state index is 9.89. The van der Waals surface area contributed by atoms with Crippen LogP contribution in [0.2, 0.25) is 0 Å². The molecule has 10 aromatic carbocycles. The van der Waals surface area contributed by atoms with Crippen molar-refractivity contribution in [1.82, 2.24) is 19.5 Å². The average molecular weight is 897 g/mol. The van der Waals surface area contributed by atoms with Gasteiger partial charge in [-0.1, -0.05) is 200 Å². The van der Waals surface area contributed by atoms with E-state index in [1.807, 2.05) is 109 Å². The molecule has 0 atom stereocenters. The third kappa shape index (κ3) is 7.05. The zero-order valence-corrected chi connectivity index (χ0v) is 36.7. The normalized spacial score (nSPS) is 14.0. The Morgan fingerprint density at radius 3 is 1.62 bits per heavy atom. The van der Waals surface area contributed by atoms with Crippen LogP contribution in [0.15, 0.2) is 242 Å². The highest BCUT2D eigenvalue weighted by Crippen LogP contribution is 2.41.